The molecule has 0 atom stereocenters. The summed E-state index contributed by atoms with van der Waals surface area (Å²) in [6.45, 7) is 3.29. The molecule has 1 N–H and O–H groups in total. The molecule has 9 nitrogen and oxygen atoms in total. The molecule has 0 saturated heterocycles. The highest BCUT2D eigenvalue weighted by Crippen LogP contribution is 2.38. The molecule has 1 amide bonds. The van der Waals surface area contributed by atoms with Gasteiger partial charge < -0.3 is 19.5 Å². The minimum Gasteiger partial charge on any atom is -0.454 e. The first-order chi connectivity index (χ1) is 13.8. The second kappa shape index (κ2) is 8.42. The van der Waals surface area contributed by atoms with Crippen LogP contribution in [0.1, 0.15) is 16.7 Å². The summed E-state index contributed by atoms with van der Waals surface area (Å²) in [5, 5.41) is 13.9. The van der Waals surface area contributed by atoms with Crippen LogP contribution in [0.4, 0.5) is 11.4 Å². The van der Waals surface area contributed by atoms with Crippen molar-refractivity contribution in [2.45, 2.75) is 13.8 Å². The molecule has 2 aromatic rings. The number of hydrogen-bond donors (Lipinski definition) is 1. The number of carbonyl (C=O) groups excluding carboxylic acids is 2. The van der Waals surface area contributed by atoms with Gasteiger partial charge in [0.05, 0.1) is 16.6 Å². The van der Waals surface area contributed by atoms with Gasteiger partial charge in [0.1, 0.15) is 0 Å². The van der Waals surface area contributed by atoms with Crippen LogP contribution in [0.5, 0.6) is 11.5 Å². The Morgan fingerprint density at radius 2 is 1.79 bits per heavy atom. The highest BCUT2D eigenvalue weighted by atomic mass is 16.7. The van der Waals surface area contributed by atoms with Gasteiger partial charge in [0, 0.05) is 11.8 Å². The molecule has 3 rings (SSSR count). The zero-order valence-corrected chi connectivity index (χ0v) is 15.8. The zero-order valence-electron chi connectivity index (χ0n) is 15.8. The highest BCUT2D eigenvalue weighted by molar-refractivity contribution is 5.95. The smallest absolute Gasteiger partial charge is 0.331 e. The predicted octanol–water partition coefficient (Wildman–Crippen LogP) is 3.14. The van der Waals surface area contributed by atoms with Crippen molar-refractivity contribution in [3.05, 3.63) is 63.2 Å². The minimum absolute atomic E-state index is 0.0305. The molecule has 0 fully saturated rings. The summed E-state index contributed by atoms with van der Waals surface area (Å²) in [5.41, 5.74) is 2.49. The van der Waals surface area contributed by atoms with E-state index in [4.69, 9.17) is 14.2 Å². The molecule has 29 heavy (non-hydrogen) atoms. The Morgan fingerprint density at radius 3 is 2.45 bits per heavy atom. The zero-order chi connectivity index (χ0) is 21.0. The molecule has 9 heteroatoms. The number of hydrogen-bond acceptors (Lipinski definition) is 7. The third kappa shape index (κ3) is 5.10. The van der Waals surface area contributed by atoms with Crippen LogP contribution in [-0.4, -0.2) is 30.2 Å². The van der Waals surface area contributed by atoms with E-state index < -0.39 is 23.4 Å². The SMILES string of the molecule is Cc1cc(C)cc(NC(=O)COC(=O)/C=C/c2cc3c(cc2[N+](=O)[O-])OCO3)c1. The van der Waals surface area contributed by atoms with Gasteiger partial charge in [0.25, 0.3) is 11.6 Å². The maximum Gasteiger partial charge on any atom is 0.331 e. The fraction of sp³-hybridized carbons (Fsp3) is 0.200. The molecular formula is C20H18N2O7. The molecule has 0 aliphatic carbocycles. The number of nitrogens with zero attached hydrogens (tertiary/aromatic N) is 1. The number of esters is 1. The number of nitro benzene ring substituents is 1. The summed E-state index contributed by atoms with van der Waals surface area (Å²) < 4.78 is 15.2. The maximum atomic E-state index is 12.0. The van der Waals surface area contributed by atoms with Crippen molar-refractivity contribution in [3.8, 4) is 11.5 Å². The summed E-state index contributed by atoms with van der Waals surface area (Å²) in [6.07, 6.45) is 2.23. The van der Waals surface area contributed by atoms with Gasteiger partial charge >= 0.3 is 5.97 Å². The van der Waals surface area contributed by atoms with Crippen LogP contribution >= 0.6 is 0 Å². The number of benzene rings is 2. The lowest BCUT2D eigenvalue weighted by atomic mass is 10.1. The van der Waals surface area contributed by atoms with Crippen LogP contribution in [0, 0.1) is 24.0 Å². The normalized spacial score (nSPS) is 12.1. The molecule has 0 unspecified atom stereocenters. The molecule has 150 valence electrons. The number of anilines is 1. The Kier molecular flexibility index (Phi) is 5.77. The van der Waals surface area contributed by atoms with E-state index >= 15 is 0 Å². The van der Waals surface area contributed by atoms with E-state index in [0.717, 1.165) is 17.2 Å². The van der Waals surface area contributed by atoms with Gasteiger partial charge in [0.2, 0.25) is 6.79 Å². The molecule has 0 radical (unpaired) electrons. The van der Waals surface area contributed by atoms with Crippen LogP contribution in [0.3, 0.4) is 0 Å². The first-order valence-electron chi connectivity index (χ1n) is 8.63. The van der Waals surface area contributed by atoms with Crippen molar-refractivity contribution < 1.29 is 28.7 Å². The average molecular weight is 398 g/mol. The predicted molar refractivity (Wildman–Crippen MR) is 104 cm³/mol. The standard InChI is InChI=1S/C20H18N2O7/c1-12-5-13(2)7-15(6-12)21-19(23)10-27-20(24)4-3-14-8-17-18(29-11-28-17)9-16(14)22(25)26/h3-9H,10-11H2,1-2H3,(H,21,23)/b4-3+. The number of carbonyl (C=O) groups is 2. The topological polar surface area (TPSA) is 117 Å². The lowest BCUT2D eigenvalue weighted by molar-refractivity contribution is -0.385. The lowest BCUT2D eigenvalue weighted by Gasteiger charge is -2.07. The van der Waals surface area contributed by atoms with E-state index in [1.54, 1.807) is 12.1 Å². The number of amides is 1. The van der Waals surface area contributed by atoms with Crippen molar-refractivity contribution in [2.24, 2.45) is 0 Å². The van der Waals surface area contributed by atoms with Crippen molar-refractivity contribution in [2.75, 3.05) is 18.7 Å². The third-order valence-corrected chi connectivity index (χ3v) is 3.97. The molecule has 1 aliphatic heterocycles. The fourth-order valence-corrected chi connectivity index (χ4v) is 2.83. The van der Waals surface area contributed by atoms with Gasteiger partial charge in [-0.15, -0.1) is 0 Å². The first-order valence-corrected chi connectivity index (χ1v) is 8.63. The summed E-state index contributed by atoms with van der Waals surface area (Å²) in [7, 11) is 0. The van der Waals surface area contributed by atoms with E-state index in [2.05, 4.69) is 5.32 Å². The molecule has 0 spiro atoms. The summed E-state index contributed by atoms with van der Waals surface area (Å²) in [5.74, 6) is -0.700. The number of nitrogens with one attached hydrogen (secondary N) is 1. The molecule has 0 aromatic heterocycles. The monoisotopic (exact) mass is 398 g/mol. The maximum absolute atomic E-state index is 12.0. The highest BCUT2D eigenvalue weighted by Gasteiger charge is 2.22. The summed E-state index contributed by atoms with van der Waals surface area (Å²) in [6, 6.07) is 8.19. The van der Waals surface area contributed by atoms with Crippen LogP contribution < -0.4 is 14.8 Å². The van der Waals surface area contributed by atoms with Crippen molar-refractivity contribution in [1.29, 1.82) is 0 Å². The first kappa shape index (κ1) is 19.9. The summed E-state index contributed by atoms with van der Waals surface area (Å²) >= 11 is 0. The van der Waals surface area contributed by atoms with Crippen LogP contribution in [-0.2, 0) is 14.3 Å². The Balaban J connectivity index is 1.60. The largest absolute Gasteiger partial charge is 0.454 e. The Hall–Kier alpha value is -3.88. The number of rotatable bonds is 6. The summed E-state index contributed by atoms with van der Waals surface area (Å²) in [4.78, 5) is 34.5. The van der Waals surface area contributed by atoms with E-state index in [1.807, 2.05) is 19.9 Å². The molecular weight excluding hydrogens is 380 g/mol. The van der Waals surface area contributed by atoms with Gasteiger partial charge in [-0.1, -0.05) is 6.07 Å². The van der Waals surface area contributed by atoms with Gasteiger partial charge in [-0.3, -0.25) is 14.9 Å². The lowest BCUT2D eigenvalue weighted by Crippen LogP contribution is -2.20. The molecule has 1 heterocycles. The van der Waals surface area contributed by atoms with E-state index in [1.165, 1.54) is 18.2 Å². The Labute approximate surface area is 166 Å². The Morgan fingerprint density at radius 1 is 1.14 bits per heavy atom. The van der Waals surface area contributed by atoms with Crippen LogP contribution in [0.2, 0.25) is 0 Å². The number of ether oxygens (including phenoxy) is 3. The van der Waals surface area contributed by atoms with Crippen molar-refractivity contribution >= 4 is 29.3 Å². The third-order valence-electron chi connectivity index (χ3n) is 3.97. The quantitative estimate of drug-likeness (QED) is 0.344. The molecule has 0 bridgehead atoms. The number of aryl methyl sites for hydroxylation is 2. The molecule has 0 saturated carbocycles. The average Bonchev–Trinajstić information content (AvgIpc) is 3.10. The Bertz CT molecular complexity index is 994. The molecule has 2 aromatic carbocycles. The van der Waals surface area contributed by atoms with Crippen LogP contribution in [0.25, 0.3) is 6.08 Å². The minimum atomic E-state index is -0.812. The van der Waals surface area contributed by atoms with Gasteiger partial charge in [-0.25, -0.2) is 4.79 Å². The van der Waals surface area contributed by atoms with Crippen molar-refractivity contribution in [3.63, 3.8) is 0 Å². The van der Waals surface area contributed by atoms with Gasteiger partial charge in [0.15, 0.2) is 18.1 Å². The van der Waals surface area contributed by atoms with Crippen LogP contribution in [0.15, 0.2) is 36.4 Å². The number of fused-ring (bicyclic) bond motifs is 1. The van der Waals surface area contributed by atoms with E-state index in [9.17, 15) is 19.7 Å². The van der Waals surface area contributed by atoms with Gasteiger partial charge in [-0.05, 0) is 49.2 Å². The number of nitro groups is 1. The molecule has 1 aliphatic rings. The second-order valence-corrected chi connectivity index (χ2v) is 6.39. The van der Waals surface area contributed by atoms with Crippen molar-refractivity contribution in [1.82, 2.24) is 0 Å². The van der Waals surface area contributed by atoms with E-state index in [-0.39, 0.29) is 23.8 Å². The fourth-order valence-electron chi connectivity index (χ4n) is 2.83. The van der Waals surface area contributed by atoms with Gasteiger partial charge in [-0.2, -0.15) is 0 Å². The van der Waals surface area contributed by atoms with E-state index in [0.29, 0.717) is 11.4 Å². The second-order valence-electron chi connectivity index (χ2n) is 6.39.